The van der Waals surface area contributed by atoms with E-state index in [-0.39, 0.29) is 12.3 Å². The molecule has 7 heteroatoms. The van der Waals surface area contributed by atoms with Crippen LogP contribution in [0.3, 0.4) is 0 Å². The van der Waals surface area contributed by atoms with Crippen molar-refractivity contribution in [2.75, 3.05) is 0 Å². The van der Waals surface area contributed by atoms with Crippen LogP contribution in [0.1, 0.15) is 18.2 Å². The molecule has 0 aliphatic carbocycles. The number of benzene rings is 1. The zero-order chi connectivity index (χ0) is 13.3. The summed E-state index contributed by atoms with van der Waals surface area (Å²) < 4.78 is 5.42. The molecule has 0 N–H and O–H groups in total. The van der Waals surface area contributed by atoms with E-state index in [9.17, 15) is 9.59 Å². The number of oxazole rings is 1. The second-order valence-electron chi connectivity index (χ2n) is 3.65. The first kappa shape index (κ1) is 13.5. The zero-order valence-electron chi connectivity index (χ0n) is 8.96. The van der Waals surface area contributed by atoms with Gasteiger partial charge in [0, 0.05) is 11.4 Å². The van der Waals surface area contributed by atoms with E-state index >= 15 is 0 Å². The summed E-state index contributed by atoms with van der Waals surface area (Å²) in [4.78, 5) is 26.5. The third-order valence-corrected chi connectivity index (χ3v) is 3.07. The molecule has 0 radical (unpaired) electrons. The number of rotatable bonds is 4. The summed E-state index contributed by atoms with van der Waals surface area (Å²) >= 11 is 13.2. The molecule has 0 saturated carbocycles. The van der Waals surface area contributed by atoms with Crippen LogP contribution >= 0.6 is 36.9 Å². The van der Waals surface area contributed by atoms with Crippen molar-refractivity contribution in [2.45, 2.75) is 12.3 Å². The van der Waals surface area contributed by atoms with Crippen molar-refractivity contribution in [3.63, 3.8) is 0 Å². The minimum atomic E-state index is -0.829. The molecule has 18 heavy (non-hydrogen) atoms. The molecule has 1 aromatic carbocycles. The molecule has 2 rings (SSSR count). The Morgan fingerprint density at radius 2 is 2.11 bits per heavy atom. The number of hydrogen-bond acceptors (Lipinski definition) is 4. The first-order chi connectivity index (χ1) is 8.47. The van der Waals surface area contributed by atoms with Crippen LogP contribution in [0.25, 0.3) is 11.1 Å². The molecule has 0 bridgehead atoms. The molecule has 4 nitrogen and oxygen atoms in total. The maximum atomic E-state index is 11.4. The van der Waals surface area contributed by atoms with Crippen molar-refractivity contribution in [3.8, 4) is 0 Å². The number of fused-ring (bicyclic) bond motifs is 1. The fraction of sp³-hybridized carbons (Fsp3) is 0.182. The standard InChI is InChI=1S/C11H8ClNO3S2/c12-5-1-2-8-7(3-5)13-10(16-8)6(11(15)18)4-9(14)17/h1-3,6H,4H2,(H,14,17)(H,15,18). The molecule has 0 aliphatic rings. The van der Waals surface area contributed by atoms with Gasteiger partial charge in [-0.1, -0.05) is 11.6 Å². The van der Waals surface area contributed by atoms with Gasteiger partial charge in [-0.2, -0.15) is 0 Å². The number of carbonyl (C=O) groups excluding carboxylic acids is 2. The van der Waals surface area contributed by atoms with Crippen LogP contribution in [0.15, 0.2) is 22.6 Å². The number of hydrogen-bond donors (Lipinski definition) is 2. The van der Waals surface area contributed by atoms with Crippen LogP contribution in [0, 0.1) is 0 Å². The molecular weight excluding hydrogens is 294 g/mol. The lowest BCUT2D eigenvalue weighted by Gasteiger charge is -2.05. The van der Waals surface area contributed by atoms with Crippen LogP contribution < -0.4 is 0 Å². The van der Waals surface area contributed by atoms with Crippen LogP contribution in [0.2, 0.25) is 5.02 Å². The van der Waals surface area contributed by atoms with Gasteiger partial charge in [0.05, 0.1) is 0 Å². The van der Waals surface area contributed by atoms with Gasteiger partial charge in [0.15, 0.2) is 15.8 Å². The maximum absolute atomic E-state index is 11.4. The zero-order valence-corrected chi connectivity index (χ0v) is 11.5. The first-order valence-corrected chi connectivity index (χ1v) is 6.25. The Balaban J connectivity index is 2.44. The Bertz CT molecular complexity index is 626. The lowest BCUT2D eigenvalue weighted by atomic mass is 10.1. The molecule has 0 aliphatic heterocycles. The second kappa shape index (κ2) is 5.34. The van der Waals surface area contributed by atoms with E-state index in [0.717, 1.165) is 0 Å². The van der Waals surface area contributed by atoms with Crippen LogP contribution in [-0.4, -0.2) is 15.2 Å². The summed E-state index contributed by atoms with van der Waals surface area (Å²) in [5, 5.41) is -0.404. The van der Waals surface area contributed by atoms with Crippen molar-refractivity contribution >= 4 is 58.2 Å². The quantitative estimate of drug-likeness (QED) is 0.853. The Labute approximate surface area is 119 Å². The number of carbonyl (C=O) groups is 2. The molecule has 0 saturated heterocycles. The minimum absolute atomic E-state index is 0.105. The first-order valence-electron chi connectivity index (χ1n) is 4.98. The van der Waals surface area contributed by atoms with E-state index in [2.05, 4.69) is 30.2 Å². The van der Waals surface area contributed by atoms with Crippen molar-refractivity contribution in [1.29, 1.82) is 0 Å². The molecule has 1 unspecified atom stereocenters. The number of halogens is 1. The SMILES string of the molecule is O=C(S)CC(C(=O)S)c1nc2cc(Cl)ccc2o1. The summed E-state index contributed by atoms with van der Waals surface area (Å²) in [6.07, 6.45) is -0.105. The van der Waals surface area contributed by atoms with Crippen molar-refractivity contribution in [2.24, 2.45) is 0 Å². The second-order valence-corrected chi connectivity index (χ2v) is 5.03. The lowest BCUT2D eigenvalue weighted by molar-refractivity contribution is -0.117. The number of aromatic nitrogens is 1. The predicted octanol–water partition coefficient (Wildman–Crippen LogP) is 2.87. The highest BCUT2D eigenvalue weighted by atomic mass is 35.5. The fourth-order valence-corrected chi connectivity index (χ4v) is 2.07. The van der Waals surface area contributed by atoms with Gasteiger partial charge in [0.25, 0.3) is 0 Å². The van der Waals surface area contributed by atoms with E-state index in [1.54, 1.807) is 18.2 Å². The highest BCUT2D eigenvalue weighted by Gasteiger charge is 2.25. The Morgan fingerprint density at radius 3 is 2.72 bits per heavy atom. The van der Waals surface area contributed by atoms with Crippen LogP contribution in [-0.2, 0) is 9.59 Å². The molecule has 1 aromatic heterocycles. The molecule has 0 spiro atoms. The topological polar surface area (TPSA) is 60.2 Å². The highest BCUT2D eigenvalue weighted by Crippen LogP contribution is 2.27. The van der Waals surface area contributed by atoms with E-state index in [1.165, 1.54) is 0 Å². The summed E-state index contributed by atoms with van der Waals surface area (Å²) in [7, 11) is 0. The van der Waals surface area contributed by atoms with Gasteiger partial charge in [-0.3, -0.25) is 9.59 Å². The molecule has 1 atom stereocenters. The summed E-state index contributed by atoms with van der Waals surface area (Å²) in [5.74, 6) is -0.681. The van der Waals surface area contributed by atoms with Gasteiger partial charge < -0.3 is 4.42 Å². The average molecular weight is 302 g/mol. The third kappa shape index (κ3) is 2.88. The molecular formula is C11H8ClNO3S2. The van der Waals surface area contributed by atoms with Gasteiger partial charge in [-0.25, -0.2) is 4.98 Å². The van der Waals surface area contributed by atoms with Crippen LogP contribution in [0.5, 0.6) is 0 Å². The summed E-state index contributed by atoms with van der Waals surface area (Å²) in [6.45, 7) is 0. The van der Waals surface area contributed by atoms with Crippen molar-refractivity contribution < 1.29 is 14.0 Å². The Hall–Kier alpha value is -0.980. The predicted molar refractivity (Wildman–Crippen MR) is 74.4 cm³/mol. The van der Waals surface area contributed by atoms with E-state index in [4.69, 9.17) is 16.0 Å². The van der Waals surface area contributed by atoms with E-state index < -0.39 is 16.1 Å². The van der Waals surface area contributed by atoms with Crippen LogP contribution in [0.4, 0.5) is 0 Å². The molecule has 0 fully saturated rings. The van der Waals surface area contributed by atoms with Crippen molar-refractivity contribution in [3.05, 3.63) is 29.1 Å². The maximum Gasteiger partial charge on any atom is 0.207 e. The molecule has 2 aromatic rings. The van der Waals surface area contributed by atoms with Gasteiger partial charge in [0.2, 0.25) is 5.89 Å². The van der Waals surface area contributed by atoms with Gasteiger partial charge >= 0.3 is 0 Å². The highest BCUT2D eigenvalue weighted by molar-refractivity contribution is 7.97. The van der Waals surface area contributed by atoms with Crippen molar-refractivity contribution in [1.82, 2.24) is 4.98 Å². The third-order valence-electron chi connectivity index (χ3n) is 2.34. The Morgan fingerprint density at radius 1 is 1.39 bits per heavy atom. The monoisotopic (exact) mass is 301 g/mol. The van der Waals surface area contributed by atoms with Gasteiger partial charge in [0.1, 0.15) is 11.4 Å². The summed E-state index contributed by atoms with van der Waals surface area (Å²) in [6, 6.07) is 4.92. The number of nitrogens with zero attached hydrogens (tertiary/aromatic N) is 1. The normalized spacial score (nSPS) is 12.6. The fourth-order valence-electron chi connectivity index (χ4n) is 1.52. The largest absolute Gasteiger partial charge is 0.440 e. The number of thiol groups is 2. The van der Waals surface area contributed by atoms with Gasteiger partial charge in [-0.05, 0) is 18.2 Å². The average Bonchev–Trinajstić information content (AvgIpc) is 2.67. The molecule has 0 amide bonds. The van der Waals surface area contributed by atoms with E-state index in [1.807, 2.05) is 0 Å². The smallest absolute Gasteiger partial charge is 0.207 e. The van der Waals surface area contributed by atoms with Gasteiger partial charge in [-0.15, -0.1) is 25.3 Å². The molecule has 94 valence electrons. The molecule has 1 heterocycles. The van der Waals surface area contributed by atoms with E-state index in [0.29, 0.717) is 16.1 Å². The lowest BCUT2D eigenvalue weighted by Crippen LogP contribution is -2.10. The Kier molecular flexibility index (Phi) is 3.99. The minimum Gasteiger partial charge on any atom is -0.440 e. The summed E-state index contributed by atoms with van der Waals surface area (Å²) in [5.41, 5.74) is 1.03.